The molecule has 2 aromatic carbocycles. The molecule has 0 bridgehead atoms. The van der Waals surface area contributed by atoms with E-state index in [-0.39, 0.29) is 0 Å². The van der Waals surface area contributed by atoms with Crippen molar-refractivity contribution in [1.29, 1.82) is 5.26 Å². The second-order valence-electron chi connectivity index (χ2n) is 6.13. The standard InChI is InChI=1S/C20H23N3/c21-14-17-4-6-18(7-5-17)15-22-16-19-8-10-20(11-9-19)23-12-2-1-3-13-23/h4-11,22H,1-3,12-13,15-16H2. The summed E-state index contributed by atoms with van der Waals surface area (Å²) >= 11 is 0. The summed E-state index contributed by atoms with van der Waals surface area (Å²) in [6.07, 6.45) is 4.00. The van der Waals surface area contributed by atoms with Crippen LogP contribution in [0.2, 0.25) is 0 Å². The van der Waals surface area contributed by atoms with Crippen LogP contribution in [0.15, 0.2) is 48.5 Å². The zero-order valence-electron chi connectivity index (χ0n) is 13.5. The summed E-state index contributed by atoms with van der Waals surface area (Å²) in [6.45, 7) is 4.06. The van der Waals surface area contributed by atoms with Gasteiger partial charge >= 0.3 is 0 Å². The van der Waals surface area contributed by atoms with Gasteiger partial charge in [0.05, 0.1) is 11.6 Å². The van der Waals surface area contributed by atoms with Gasteiger partial charge in [-0.15, -0.1) is 0 Å². The predicted octanol–water partition coefficient (Wildman–Crippen LogP) is 3.84. The van der Waals surface area contributed by atoms with Crippen LogP contribution in [0.3, 0.4) is 0 Å². The Morgan fingerprint density at radius 1 is 0.826 bits per heavy atom. The van der Waals surface area contributed by atoms with Gasteiger partial charge in [0.1, 0.15) is 0 Å². The van der Waals surface area contributed by atoms with Crippen LogP contribution in [0.25, 0.3) is 0 Å². The molecule has 3 rings (SSSR count). The van der Waals surface area contributed by atoms with E-state index in [1.165, 1.54) is 49.2 Å². The lowest BCUT2D eigenvalue weighted by molar-refractivity contribution is 0.578. The monoisotopic (exact) mass is 305 g/mol. The van der Waals surface area contributed by atoms with Crippen LogP contribution in [0.1, 0.15) is 36.0 Å². The fraction of sp³-hybridized carbons (Fsp3) is 0.350. The number of anilines is 1. The molecule has 1 heterocycles. The summed E-state index contributed by atoms with van der Waals surface area (Å²) in [6, 6.07) is 18.8. The molecule has 3 heteroatoms. The van der Waals surface area contributed by atoms with Gasteiger partial charge in [-0.2, -0.15) is 5.26 Å². The first-order chi connectivity index (χ1) is 11.3. The van der Waals surface area contributed by atoms with Gasteiger partial charge in [-0.3, -0.25) is 0 Å². The van der Waals surface area contributed by atoms with Crippen molar-refractivity contribution in [3.05, 3.63) is 65.2 Å². The van der Waals surface area contributed by atoms with E-state index in [0.717, 1.165) is 13.1 Å². The highest BCUT2D eigenvalue weighted by atomic mass is 15.1. The fourth-order valence-corrected chi connectivity index (χ4v) is 3.03. The summed E-state index contributed by atoms with van der Waals surface area (Å²) in [7, 11) is 0. The van der Waals surface area contributed by atoms with Gasteiger partial charge in [0.25, 0.3) is 0 Å². The van der Waals surface area contributed by atoms with Crippen molar-refractivity contribution in [3.8, 4) is 6.07 Å². The Morgan fingerprint density at radius 2 is 1.39 bits per heavy atom. The van der Waals surface area contributed by atoms with Crippen LogP contribution in [0.4, 0.5) is 5.69 Å². The third-order valence-corrected chi connectivity index (χ3v) is 4.40. The van der Waals surface area contributed by atoms with Crippen molar-refractivity contribution in [2.45, 2.75) is 32.4 Å². The third-order valence-electron chi connectivity index (χ3n) is 4.40. The lowest BCUT2D eigenvalue weighted by Gasteiger charge is -2.28. The Balaban J connectivity index is 1.49. The lowest BCUT2D eigenvalue weighted by atomic mass is 10.1. The highest BCUT2D eigenvalue weighted by Gasteiger charge is 2.10. The molecule has 0 aliphatic carbocycles. The second kappa shape index (κ2) is 7.80. The number of nitrogens with one attached hydrogen (secondary N) is 1. The van der Waals surface area contributed by atoms with E-state index >= 15 is 0 Å². The molecule has 118 valence electrons. The summed E-state index contributed by atoms with van der Waals surface area (Å²) in [5, 5.41) is 12.3. The molecule has 0 aromatic heterocycles. The molecule has 1 aliphatic heterocycles. The maximum absolute atomic E-state index is 8.80. The largest absolute Gasteiger partial charge is 0.372 e. The third kappa shape index (κ3) is 4.34. The van der Waals surface area contributed by atoms with Crippen molar-refractivity contribution in [3.63, 3.8) is 0 Å². The quantitative estimate of drug-likeness (QED) is 0.912. The maximum atomic E-state index is 8.80. The fourth-order valence-electron chi connectivity index (χ4n) is 3.03. The highest BCUT2D eigenvalue weighted by molar-refractivity contribution is 5.47. The van der Waals surface area contributed by atoms with Crippen LogP contribution >= 0.6 is 0 Å². The molecule has 0 saturated carbocycles. The number of hydrogen-bond donors (Lipinski definition) is 1. The number of rotatable bonds is 5. The van der Waals surface area contributed by atoms with Crippen molar-refractivity contribution < 1.29 is 0 Å². The van der Waals surface area contributed by atoms with E-state index in [9.17, 15) is 0 Å². The van der Waals surface area contributed by atoms with E-state index in [4.69, 9.17) is 5.26 Å². The smallest absolute Gasteiger partial charge is 0.0991 e. The van der Waals surface area contributed by atoms with E-state index in [1.807, 2.05) is 24.3 Å². The Bertz CT molecular complexity index is 647. The Hall–Kier alpha value is -2.31. The van der Waals surface area contributed by atoms with Crippen molar-refractivity contribution >= 4 is 5.69 Å². The SMILES string of the molecule is N#Cc1ccc(CNCc2ccc(N3CCCCC3)cc2)cc1. The second-order valence-corrected chi connectivity index (χ2v) is 6.13. The summed E-state index contributed by atoms with van der Waals surface area (Å²) in [5.74, 6) is 0. The minimum atomic E-state index is 0.710. The molecule has 0 radical (unpaired) electrons. The molecule has 1 aliphatic rings. The first kappa shape index (κ1) is 15.6. The van der Waals surface area contributed by atoms with E-state index in [1.54, 1.807) is 0 Å². The first-order valence-corrected chi connectivity index (χ1v) is 8.39. The average Bonchev–Trinajstić information content (AvgIpc) is 2.64. The molecule has 0 amide bonds. The zero-order chi connectivity index (χ0) is 15.9. The van der Waals surface area contributed by atoms with Crippen molar-refractivity contribution in [2.75, 3.05) is 18.0 Å². The van der Waals surface area contributed by atoms with E-state index < -0.39 is 0 Å². The average molecular weight is 305 g/mol. The highest BCUT2D eigenvalue weighted by Crippen LogP contribution is 2.20. The molecule has 3 nitrogen and oxygen atoms in total. The summed E-state index contributed by atoms with van der Waals surface area (Å²) < 4.78 is 0. The molecule has 1 N–H and O–H groups in total. The molecular formula is C20H23N3. The summed E-state index contributed by atoms with van der Waals surface area (Å²) in [4.78, 5) is 2.48. The number of benzene rings is 2. The van der Waals surface area contributed by atoms with Gasteiger partial charge in [-0.1, -0.05) is 24.3 Å². The van der Waals surface area contributed by atoms with Gasteiger partial charge in [0.15, 0.2) is 0 Å². The zero-order valence-corrected chi connectivity index (χ0v) is 13.5. The molecular weight excluding hydrogens is 282 g/mol. The first-order valence-electron chi connectivity index (χ1n) is 8.39. The van der Waals surface area contributed by atoms with E-state index in [2.05, 4.69) is 40.6 Å². The molecule has 1 saturated heterocycles. The molecule has 2 aromatic rings. The molecule has 23 heavy (non-hydrogen) atoms. The number of piperidine rings is 1. The summed E-state index contributed by atoms with van der Waals surface area (Å²) in [5.41, 5.74) is 4.57. The van der Waals surface area contributed by atoms with Gasteiger partial charge in [-0.25, -0.2) is 0 Å². The topological polar surface area (TPSA) is 39.1 Å². The molecule has 0 atom stereocenters. The van der Waals surface area contributed by atoms with Crippen LogP contribution in [-0.2, 0) is 13.1 Å². The van der Waals surface area contributed by atoms with Crippen LogP contribution in [0, 0.1) is 11.3 Å². The van der Waals surface area contributed by atoms with Gasteiger partial charge < -0.3 is 10.2 Å². The molecule has 1 fully saturated rings. The van der Waals surface area contributed by atoms with Gasteiger partial charge in [0.2, 0.25) is 0 Å². The normalized spacial score (nSPS) is 14.5. The van der Waals surface area contributed by atoms with E-state index in [0.29, 0.717) is 5.56 Å². The Labute approximate surface area is 138 Å². The lowest BCUT2D eigenvalue weighted by Crippen LogP contribution is -2.29. The predicted molar refractivity (Wildman–Crippen MR) is 94.2 cm³/mol. The van der Waals surface area contributed by atoms with Gasteiger partial charge in [-0.05, 0) is 54.7 Å². The number of hydrogen-bond acceptors (Lipinski definition) is 3. The minimum absolute atomic E-state index is 0.710. The Kier molecular flexibility index (Phi) is 5.29. The van der Waals surface area contributed by atoms with Crippen LogP contribution < -0.4 is 10.2 Å². The number of nitrogens with zero attached hydrogens (tertiary/aromatic N) is 2. The van der Waals surface area contributed by atoms with Crippen molar-refractivity contribution in [1.82, 2.24) is 5.32 Å². The maximum Gasteiger partial charge on any atom is 0.0991 e. The van der Waals surface area contributed by atoms with Gasteiger partial charge in [0, 0.05) is 31.9 Å². The van der Waals surface area contributed by atoms with Crippen molar-refractivity contribution in [2.24, 2.45) is 0 Å². The molecule has 0 unspecified atom stereocenters. The molecule has 0 spiro atoms. The van der Waals surface area contributed by atoms with Crippen LogP contribution in [0.5, 0.6) is 0 Å². The Morgan fingerprint density at radius 3 is 1.96 bits per heavy atom. The number of nitriles is 1. The minimum Gasteiger partial charge on any atom is -0.372 e. The van der Waals surface area contributed by atoms with Crippen LogP contribution in [-0.4, -0.2) is 13.1 Å².